The smallest absolute Gasteiger partial charge is 0.114 e. The normalized spacial score (nSPS) is 12.3. The van der Waals surface area contributed by atoms with Crippen molar-refractivity contribution >= 4 is 0 Å². The average Bonchev–Trinajstić information content (AvgIpc) is 1.98. The minimum absolute atomic E-state index is 0.512. The van der Waals surface area contributed by atoms with Crippen LogP contribution in [0.15, 0.2) is 12.3 Å². The van der Waals surface area contributed by atoms with Crippen LogP contribution in [0.25, 0.3) is 0 Å². The fourth-order valence-electron chi connectivity index (χ4n) is 0.348. The maximum absolute atomic E-state index is 8.91. The van der Waals surface area contributed by atoms with Crippen LogP contribution in [0.2, 0.25) is 0 Å². The molecule has 0 aliphatic heterocycles. The lowest BCUT2D eigenvalue weighted by molar-refractivity contribution is 0.228. The van der Waals surface area contributed by atoms with Gasteiger partial charge in [0, 0.05) is 6.08 Å². The Hall–Kier alpha value is -0.940. The molecule has 0 saturated carbocycles. The van der Waals surface area contributed by atoms with E-state index in [1.54, 1.807) is 13.2 Å². The third kappa shape index (κ3) is 5.20. The van der Waals surface area contributed by atoms with E-state index < -0.39 is 6.10 Å². The van der Waals surface area contributed by atoms with Gasteiger partial charge in [-0.3, -0.25) is 0 Å². The highest BCUT2D eigenvalue weighted by molar-refractivity contribution is 5.16. The Kier molecular flexibility index (Phi) is 5.60. The summed E-state index contributed by atoms with van der Waals surface area (Å²) in [6.07, 6.45) is 3.17. The van der Waals surface area contributed by atoms with E-state index in [9.17, 15) is 0 Å². The molecular formula is C8H12O2. The van der Waals surface area contributed by atoms with E-state index in [1.807, 2.05) is 6.92 Å². The van der Waals surface area contributed by atoms with E-state index in [4.69, 9.17) is 5.11 Å². The van der Waals surface area contributed by atoms with Gasteiger partial charge in [-0.25, -0.2) is 0 Å². The van der Waals surface area contributed by atoms with Crippen LogP contribution in [0.1, 0.15) is 13.3 Å². The third-order valence-corrected chi connectivity index (χ3v) is 0.924. The molecule has 2 heteroatoms. The van der Waals surface area contributed by atoms with Crippen LogP contribution in [0, 0.1) is 11.8 Å². The van der Waals surface area contributed by atoms with Gasteiger partial charge in [-0.05, 0) is 6.42 Å². The molecule has 2 nitrogen and oxygen atoms in total. The lowest BCUT2D eigenvalue weighted by atomic mass is 10.3. The highest BCUT2D eigenvalue weighted by Gasteiger charge is 1.88. The van der Waals surface area contributed by atoms with Gasteiger partial charge in [0.2, 0.25) is 0 Å². The molecule has 0 radical (unpaired) electrons. The van der Waals surface area contributed by atoms with Crippen molar-refractivity contribution in [2.24, 2.45) is 0 Å². The van der Waals surface area contributed by atoms with Gasteiger partial charge in [-0.15, -0.1) is 0 Å². The number of rotatable bonds is 2. The summed E-state index contributed by atoms with van der Waals surface area (Å²) in [5.41, 5.74) is 0. The molecule has 0 aromatic rings. The molecule has 0 aliphatic rings. The van der Waals surface area contributed by atoms with Gasteiger partial charge in [-0.2, -0.15) is 0 Å². The molecule has 0 aromatic heterocycles. The van der Waals surface area contributed by atoms with Crippen molar-refractivity contribution in [2.75, 3.05) is 7.11 Å². The zero-order valence-corrected chi connectivity index (χ0v) is 6.29. The van der Waals surface area contributed by atoms with Crippen LogP contribution < -0.4 is 0 Å². The highest BCUT2D eigenvalue weighted by atomic mass is 16.5. The van der Waals surface area contributed by atoms with Crippen LogP contribution >= 0.6 is 0 Å². The Morgan fingerprint density at radius 2 is 2.40 bits per heavy atom. The number of methoxy groups -OCH3 is 1. The summed E-state index contributed by atoms with van der Waals surface area (Å²) in [4.78, 5) is 0. The van der Waals surface area contributed by atoms with Gasteiger partial charge in [0.15, 0.2) is 0 Å². The van der Waals surface area contributed by atoms with E-state index in [1.165, 1.54) is 6.26 Å². The second-order valence-corrected chi connectivity index (χ2v) is 1.75. The van der Waals surface area contributed by atoms with Crippen molar-refractivity contribution in [3.8, 4) is 11.8 Å². The van der Waals surface area contributed by atoms with Crippen molar-refractivity contribution in [3.05, 3.63) is 12.3 Å². The van der Waals surface area contributed by atoms with Crippen molar-refractivity contribution in [2.45, 2.75) is 19.4 Å². The third-order valence-electron chi connectivity index (χ3n) is 0.924. The van der Waals surface area contributed by atoms with E-state index in [2.05, 4.69) is 16.6 Å². The zero-order valence-electron chi connectivity index (χ0n) is 6.29. The molecule has 56 valence electrons. The summed E-state index contributed by atoms with van der Waals surface area (Å²) in [7, 11) is 1.55. The molecule has 0 amide bonds. The summed E-state index contributed by atoms with van der Waals surface area (Å²) in [5.74, 6) is 5.24. The van der Waals surface area contributed by atoms with E-state index in [0.29, 0.717) is 6.42 Å². The molecule has 10 heavy (non-hydrogen) atoms. The molecular weight excluding hydrogens is 128 g/mol. The van der Waals surface area contributed by atoms with Crippen molar-refractivity contribution in [1.82, 2.24) is 0 Å². The van der Waals surface area contributed by atoms with Gasteiger partial charge >= 0.3 is 0 Å². The first kappa shape index (κ1) is 9.06. The summed E-state index contributed by atoms with van der Waals surface area (Å²) in [5, 5.41) is 8.91. The van der Waals surface area contributed by atoms with Gasteiger partial charge < -0.3 is 9.84 Å². The molecule has 0 rings (SSSR count). The fourth-order valence-corrected chi connectivity index (χ4v) is 0.348. The molecule has 1 N–H and O–H groups in total. The standard InChI is InChI=1S/C8H12O2/c1-3-8(9)6-4-5-7-10-2/h5,7-9H,3H2,1-2H3. The average molecular weight is 140 g/mol. The molecule has 0 heterocycles. The number of ether oxygens (including phenoxy) is 1. The van der Waals surface area contributed by atoms with Crippen LogP contribution in [0.3, 0.4) is 0 Å². The zero-order chi connectivity index (χ0) is 7.82. The monoisotopic (exact) mass is 140 g/mol. The first-order valence-electron chi connectivity index (χ1n) is 3.18. The first-order valence-corrected chi connectivity index (χ1v) is 3.18. The molecule has 0 bridgehead atoms. The second-order valence-electron chi connectivity index (χ2n) is 1.75. The van der Waals surface area contributed by atoms with Gasteiger partial charge in [0.25, 0.3) is 0 Å². The molecule has 1 unspecified atom stereocenters. The van der Waals surface area contributed by atoms with Crippen LogP contribution in [0.5, 0.6) is 0 Å². The Morgan fingerprint density at radius 1 is 1.70 bits per heavy atom. The summed E-state index contributed by atoms with van der Waals surface area (Å²) in [6.45, 7) is 1.87. The van der Waals surface area contributed by atoms with Crippen molar-refractivity contribution in [1.29, 1.82) is 0 Å². The van der Waals surface area contributed by atoms with Crippen molar-refractivity contribution in [3.63, 3.8) is 0 Å². The van der Waals surface area contributed by atoms with Gasteiger partial charge in [0.1, 0.15) is 6.10 Å². The second kappa shape index (κ2) is 6.18. The number of aliphatic hydroxyl groups is 1. The Balaban J connectivity index is 3.57. The van der Waals surface area contributed by atoms with E-state index in [-0.39, 0.29) is 0 Å². The van der Waals surface area contributed by atoms with Crippen LogP contribution in [-0.4, -0.2) is 18.3 Å². The quantitative estimate of drug-likeness (QED) is 0.456. The van der Waals surface area contributed by atoms with E-state index in [0.717, 1.165) is 0 Å². The molecule has 0 fully saturated rings. The molecule has 0 aliphatic carbocycles. The molecule has 1 atom stereocenters. The summed E-state index contributed by atoms with van der Waals surface area (Å²) >= 11 is 0. The van der Waals surface area contributed by atoms with Crippen LogP contribution in [0.4, 0.5) is 0 Å². The minimum atomic E-state index is -0.512. The predicted molar refractivity (Wildman–Crippen MR) is 40.2 cm³/mol. The Bertz CT molecular complexity index is 150. The summed E-state index contributed by atoms with van der Waals surface area (Å²) < 4.78 is 4.59. The Labute approximate surface area is 61.5 Å². The van der Waals surface area contributed by atoms with Crippen LogP contribution in [-0.2, 0) is 4.74 Å². The molecule has 0 spiro atoms. The predicted octanol–water partition coefficient (Wildman–Crippen LogP) is 0.921. The number of hydrogen-bond donors (Lipinski definition) is 1. The minimum Gasteiger partial charge on any atom is -0.504 e. The number of hydrogen-bond acceptors (Lipinski definition) is 2. The van der Waals surface area contributed by atoms with Gasteiger partial charge in [-0.1, -0.05) is 18.8 Å². The van der Waals surface area contributed by atoms with Crippen molar-refractivity contribution < 1.29 is 9.84 Å². The van der Waals surface area contributed by atoms with Gasteiger partial charge in [0.05, 0.1) is 13.4 Å². The molecule has 0 saturated heterocycles. The molecule has 0 aromatic carbocycles. The SMILES string of the molecule is CCC(O)C#CC=COC. The summed E-state index contributed by atoms with van der Waals surface area (Å²) in [6, 6.07) is 0. The van der Waals surface area contributed by atoms with E-state index >= 15 is 0 Å². The maximum Gasteiger partial charge on any atom is 0.114 e. The number of allylic oxidation sites excluding steroid dienone is 1. The first-order chi connectivity index (χ1) is 4.81. The maximum atomic E-state index is 8.91. The Morgan fingerprint density at radius 3 is 2.90 bits per heavy atom. The largest absolute Gasteiger partial charge is 0.504 e. The lowest BCUT2D eigenvalue weighted by Gasteiger charge is -1.92. The topological polar surface area (TPSA) is 29.5 Å². The fraction of sp³-hybridized carbons (Fsp3) is 0.500. The highest BCUT2D eigenvalue weighted by Crippen LogP contribution is 1.84. The number of aliphatic hydroxyl groups excluding tert-OH is 1. The lowest BCUT2D eigenvalue weighted by Crippen LogP contribution is -1.98.